The molecule has 1 aromatic carbocycles. The van der Waals surface area contributed by atoms with Crippen LogP contribution in [0.2, 0.25) is 0 Å². The van der Waals surface area contributed by atoms with E-state index in [0.29, 0.717) is 0 Å². The van der Waals surface area contributed by atoms with Crippen molar-refractivity contribution >= 4 is 0 Å². The van der Waals surface area contributed by atoms with Gasteiger partial charge in [0.15, 0.2) is 11.6 Å². The van der Waals surface area contributed by atoms with E-state index in [9.17, 15) is 22.0 Å². The lowest BCUT2D eigenvalue weighted by atomic mass is 10.0. The van der Waals surface area contributed by atoms with E-state index in [0.717, 1.165) is 18.9 Å². The number of benzene rings is 1. The quantitative estimate of drug-likeness (QED) is 0.816. The van der Waals surface area contributed by atoms with Crippen molar-refractivity contribution in [1.29, 1.82) is 0 Å². The minimum Gasteiger partial charge on any atom is -0.324 e. The van der Waals surface area contributed by atoms with Gasteiger partial charge in [0.1, 0.15) is 0 Å². The molecule has 2 rings (SSSR count). The van der Waals surface area contributed by atoms with Crippen molar-refractivity contribution in [1.82, 2.24) is 4.90 Å². The van der Waals surface area contributed by atoms with Gasteiger partial charge < -0.3 is 5.73 Å². The van der Waals surface area contributed by atoms with Crippen LogP contribution in [0.25, 0.3) is 0 Å². The van der Waals surface area contributed by atoms with Crippen molar-refractivity contribution in [2.75, 3.05) is 13.1 Å². The first kappa shape index (κ1) is 16.2. The van der Waals surface area contributed by atoms with E-state index in [1.807, 2.05) is 0 Å². The van der Waals surface area contributed by atoms with Crippen molar-refractivity contribution in [3.05, 3.63) is 35.4 Å². The maximum absolute atomic E-state index is 13.6. The number of hydrogen-bond acceptors (Lipinski definition) is 2. The fourth-order valence-electron chi connectivity index (χ4n) is 2.33. The van der Waals surface area contributed by atoms with Gasteiger partial charge in [0.25, 0.3) is 0 Å². The van der Waals surface area contributed by atoms with Crippen LogP contribution in [0.1, 0.15) is 30.9 Å². The number of hydrogen-bond donors (Lipinski definition) is 1. The Balaban J connectivity index is 1.95. The Kier molecular flexibility index (Phi) is 4.83. The monoisotopic (exact) mass is 308 g/mol. The largest absolute Gasteiger partial charge is 0.401 e. The molecule has 0 aromatic heterocycles. The van der Waals surface area contributed by atoms with Crippen LogP contribution in [-0.4, -0.2) is 30.2 Å². The topological polar surface area (TPSA) is 29.3 Å². The first-order valence-corrected chi connectivity index (χ1v) is 6.78. The van der Waals surface area contributed by atoms with Gasteiger partial charge in [-0.15, -0.1) is 0 Å². The molecule has 0 saturated heterocycles. The smallest absolute Gasteiger partial charge is 0.324 e. The third-order valence-corrected chi connectivity index (χ3v) is 3.55. The lowest BCUT2D eigenvalue weighted by Gasteiger charge is -2.25. The summed E-state index contributed by atoms with van der Waals surface area (Å²) in [6, 6.07) is 2.77. The third kappa shape index (κ3) is 4.64. The summed E-state index contributed by atoms with van der Waals surface area (Å²) in [6.45, 7) is -0.878. The summed E-state index contributed by atoms with van der Waals surface area (Å²) >= 11 is 0. The van der Waals surface area contributed by atoms with Crippen molar-refractivity contribution in [2.45, 2.75) is 37.5 Å². The van der Waals surface area contributed by atoms with Crippen LogP contribution in [0.15, 0.2) is 18.2 Å². The van der Waals surface area contributed by atoms with Gasteiger partial charge in [0.05, 0.1) is 6.54 Å². The van der Waals surface area contributed by atoms with Gasteiger partial charge in [-0.2, -0.15) is 13.2 Å². The summed E-state index contributed by atoms with van der Waals surface area (Å²) in [7, 11) is 0. The molecule has 1 aromatic rings. The molecule has 0 radical (unpaired) electrons. The van der Waals surface area contributed by atoms with Gasteiger partial charge in [-0.05, 0) is 25.3 Å². The van der Waals surface area contributed by atoms with Crippen LogP contribution in [0.4, 0.5) is 22.0 Å². The van der Waals surface area contributed by atoms with Gasteiger partial charge in [-0.25, -0.2) is 8.78 Å². The molecule has 0 amide bonds. The minimum absolute atomic E-state index is 0.00208. The van der Waals surface area contributed by atoms with E-state index >= 15 is 0 Å². The van der Waals surface area contributed by atoms with Gasteiger partial charge in [-0.3, -0.25) is 4.90 Å². The lowest BCUT2D eigenvalue weighted by Crippen LogP contribution is -2.37. The second kappa shape index (κ2) is 6.27. The first-order chi connectivity index (χ1) is 9.78. The van der Waals surface area contributed by atoms with Crippen molar-refractivity contribution in [2.24, 2.45) is 5.73 Å². The third-order valence-electron chi connectivity index (χ3n) is 3.55. The van der Waals surface area contributed by atoms with Gasteiger partial charge in [0.2, 0.25) is 0 Å². The maximum Gasteiger partial charge on any atom is 0.401 e. The molecule has 1 aliphatic carbocycles. The molecule has 2 nitrogen and oxygen atoms in total. The molecule has 0 spiro atoms. The highest BCUT2D eigenvalue weighted by atomic mass is 19.4. The van der Waals surface area contributed by atoms with Gasteiger partial charge in [0, 0.05) is 24.2 Å². The molecule has 1 saturated carbocycles. The standard InChI is InChI=1S/C14H17F5N2/c15-11-3-1-2-10(13(11)16)12(20)6-7-21(9-4-5-9)8-14(17,18)19/h1-3,9,12H,4-8,20H2. The lowest BCUT2D eigenvalue weighted by molar-refractivity contribution is -0.147. The van der Waals surface area contributed by atoms with Crippen molar-refractivity contribution in [3.63, 3.8) is 0 Å². The van der Waals surface area contributed by atoms with E-state index in [1.54, 1.807) is 0 Å². The van der Waals surface area contributed by atoms with Crippen LogP contribution in [0.5, 0.6) is 0 Å². The summed E-state index contributed by atoms with van der Waals surface area (Å²) < 4.78 is 64.1. The average Bonchev–Trinajstić information content (AvgIpc) is 3.20. The number of rotatable bonds is 6. The molecular weight excluding hydrogens is 291 g/mol. The average molecular weight is 308 g/mol. The second-order valence-corrected chi connectivity index (χ2v) is 5.36. The molecule has 1 unspecified atom stereocenters. The van der Waals surface area contributed by atoms with E-state index < -0.39 is 30.4 Å². The van der Waals surface area contributed by atoms with E-state index in [4.69, 9.17) is 5.73 Å². The fraction of sp³-hybridized carbons (Fsp3) is 0.571. The normalized spacial score (nSPS) is 17.3. The molecule has 2 N–H and O–H groups in total. The molecule has 1 atom stereocenters. The SMILES string of the molecule is NC(CCN(CC(F)(F)F)C1CC1)c1cccc(F)c1F. The summed E-state index contributed by atoms with van der Waals surface area (Å²) in [5.41, 5.74) is 5.78. The predicted octanol–water partition coefficient (Wildman–Crippen LogP) is 3.38. The molecule has 7 heteroatoms. The van der Waals surface area contributed by atoms with E-state index in [1.165, 1.54) is 17.0 Å². The summed E-state index contributed by atoms with van der Waals surface area (Å²) in [5.74, 6) is -2.03. The summed E-state index contributed by atoms with van der Waals surface area (Å²) in [4.78, 5) is 1.32. The zero-order valence-electron chi connectivity index (χ0n) is 11.3. The van der Waals surface area contributed by atoms with E-state index in [2.05, 4.69) is 0 Å². The second-order valence-electron chi connectivity index (χ2n) is 5.36. The molecule has 0 heterocycles. The van der Waals surface area contributed by atoms with Crippen LogP contribution in [0, 0.1) is 11.6 Å². The fourth-order valence-corrected chi connectivity index (χ4v) is 2.33. The van der Waals surface area contributed by atoms with Crippen molar-refractivity contribution < 1.29 is 22.0 Å². The Bertz CT molecular complexity index is 485. The molecule has 0 aliphatic heterocycles. The van der Waals surface area contributed by atoms with Crippen LogP contribution >= 0.6 is 0 Å². The predicted molar refractivity (Wildman–Crippen MR) is 68.6 cm³/mol. The van der Waals surface area contributed by atoms with Gasteiger partial charge >= 0.3 is 6.18 Å². The number of halogens is 5. The Labute approximate surface area is 119 Å². The first-order valence-electron chi connectivity index (χ1n) is 6.78. The Morgan fingerprint density at radius 1 is 1.24 bits per heavy atom. The Morgan fingerprint density at radius 2 is 1.90 bits per heavy atom. The maximum atomic E-state index is 13.6. The van der Waals surface area contributed by atoms with Crippen molar-refractivity contribution in [3.8, 4) is 0 Å². The molecular formula is C14H17F5N2. The van der Waals surface area contributed by atoms with Gasteiger partial charge in [-0.1, -0.05) is 12.1 Å². The zero-order valence-corrected chi connectivity index (χ0v) is 11.3. The zero-order chi connectivity index (χ0) is 15.6. The summed E-state index contributed by atoms with van der Waals surface area (Å²) in [6.07, 6.45) is -2.65. The minimum atomic E-state index is -4.27. The van der Waals surface area contributed by atoms with Crippen LogP contribution in [-0.2, 0) is 0 Å². The molecule has 118 valence electrons. The molecule has 0 bridgehead atoms. The Morgan fingerprint density at radius 3 is 2.48 bits per heavy atom. The highest BCUT2D eigenvalue weighted by Crippen LogP contribution is 2.31. The van der Waals surface area contributed by atoms with Crippen LogP contribution < -0.4 is 5.73 Å². The van der Waals surface area contributed by atoms with E-state index in [-0.39, 0.29) is 24.6 Å². The molecule has 1 fully saturated rings. The highest BCUT2D eigenvalue weighted by molar-refractivity contribution is 5.22. The Hall–Kier alpha value is -1.21. The number of nitrogens with zero attached hydrogens (tertiary/aromatic N) is 1. The highest BCUT2D eigenvalue weighted by Gasteiger charge is 2.37. The molecule has 1 aliphatic rings. The number of nitrogens with two attached hydrogens (primary N) is 1. The molecule has 21 heavy (non-hydrogen) atoms. The number of alkyl halides is 3. The van der Waals surface area contributed by atoms with Crippen LogP contribution in [0.3, 0.4) is 0 Å². The summed E-state index contributed by atoms with van der Waals surface area (Å²) in [5, 5.41) is 0.